The predicted molar refractivity (Wildman–Crippen MR) is 121 cm³/mol. The van der Waals surface area contributed by atoms with E-state index < -0.39 is 0 Å². The van der Waals surface area contributed by atoms with E-state index >= 15 is 0 Å². The minimum atomic E-state index is -0.187. The van der Waals surface area contributed by atoms with E-state index in [0.29, 0.717) is 27.0 Å². The Morgan fingerprint density at radius 1 is 0.931 bits per heavy atom. The molecule has 2 amide bonds. The molecule has 0 aliphatic rings. The van der Waals surface area contributed by atoms with Crippen LogP contribution in [0.25, 0.3) is 0 Å². The van der Waals surface area contributed by atoms with Crippen LogP contribution in [0.4, 0.5) is 11.4 Å². The second-order valence-electron chi connectivity index (χ2n) is 6.31. The van der Waals surface area contributed by atoms with Crippen molar-refractivity contribution in [3.63, 3.8) is 0 Å². The van der Waals surface area contributed by atoms with Crippen LogP contribution in [0.3, 0.4) is 0 Å². The Hall–Kier alpha value is -2.47. The number of thioether (sulfide) groups is 1. The summed E-state index contributed by atoms with van der Waals surface area (Å²) in [6, 6.07) is 19.7. The minimum Gasteiger partial charge on any atom is -0.324 e. The fourth-order valence-electron chi connectivity index (χ4n) is 2.58. The van der Waals surface area contributed by atoms with Crippen molar-refractivity contribution in [3.8, 4) is 0 Å². The topological polar surface area (TPSA) is 58.2 Å². The first-order chi connectivity index (χ1) is 13.9. The molecule has 29 heavy (non-hydrogen) atoms. The predicted octanol–water partition coefficient (Wildman–Crippen LogP) is 6.28. The number of anilines is 2. The number of benzene rings is 3. The van der Waals surface area contributed by atoms with Gasteiger partial charge in [0, 0.05) is 21.2 Å². The molecule has 148 valence electrons. The lowest BCUT2D eigenvalue weighted by Crippen LogP contribution is -2.14. The summed E-state index contributed by atoms with van der Waals surface area (Å²) >= 11 is 13.3. The van der Waals surface area contributed by atoms with Gasteiger partial charge in [-0.2, -0.15) is 0 Å². The van der Waals surface area contributed by atoms with E-state index in [2.05, 4.69) is 10.6 Å². The van der Waals surface area contributed by atoms with E-state index in [1.165, 1.54) is 11.8 Å². The summed E-state index contributed by atoms with van der Waals surface area (Å²) in [5.41, 5.74) is 2.81. The quantitative estimate of drug-likeness (QED) is 0.439. The van der Waals surface area contributed by atoms with Gasteiger partial charge in [-0.15, -0.1) is 11.8 Å². The van der Waals surface area contributed by atoms with Crippen LogP contribution in [0.1, 0.15) is 15.9 Å². The van der Waals surface area contributed by atoms with Crippen LogP contribution < -0.4 is 10.6 Å². The number of hydrogen-bond acceptors (Lipinski definition) is 3. The van der Waals surface area contributed by atoms with Gasteiger partial charge < -0.3 is 10.6 Å². The van der Waals surface area contributed by atoms with Crippen molar-refractivity contribution in [2.45, 2.75) is 11.8 Å². The smallest absolute Gasteiger partial charge is 0.255 e. The normalized spacial score (nSPS) is 10.4. The van der Waals surface area contributed by atoms with Crippen molar-refractivity contribution in [1.82, 2.24) is 0 Å². The van der Waals surface area contributed by atoms with Crippen molar-refractivity contribution < 1.29 is 9.59 Å². The molecule has 7 heteroatoms. The van der Waals surface area contributed by atoms with Crippen LogP contribution in [-0.4, -0.2) is 17.6 Å². The van der Waals surface area contributed by atoms with Gasteiger partial charge in [-0.3, -0.25) is 9.59 Å². The summed E-state index contributed by atoms with van der Waals surface area (Å²) in [6.07, 6.45) is 0. The summed E-state index contributed by atoms with van der Waals surface area (Å²) in [6.45, 7) is 1.94. The molecule has 0 saturated heterocycles. The molecular weight excluding hydrogens is 427 g/mol. The molecule has 0 heterocycles. The molecule has 0 unspecified atom stereocenters. The third kappa shape index (κ3) is 6.26. The highest BCUT2D eigenvalue weighted by atomic mass is 35.5. The third-order valence-electron chi connectivity index (χ3n) is 3.95. The lowest BCUT2D eigenvalue weighted by Gasteiger charge is -2.09. The molecule has 3 rings (SSSR count). The second kappa shape index (κ2) is 9.83. The van der Waals surface area contributed by atoms with E-state index in [1.54, 1.807) is 24.3 Å². The number of nitrogens with one attached hydrogen (secondary N) is 2. The zero-order chi connectivity index (χ0) is 20.8. The van der Waals surface area contributed by atoms with Crippen molar-refractivity contribution in [3.05, 3.63) is 87.9 Å². The lowest BCUT2D eigenvalue weighted by molar-refractivity contribution is -0.113. The molecule has 0 saturated carbocycles. The Morgan fingerprint density at radius 3 is 2.48 bits per heavy atom. The van der Waals surface area contributed by atoms with Gasteiger partial charge in [-0.1, -0.05) is 47.0 Å². The monoisotopic (exact) mass is 444 g/mol. The standard InChI is InChI=1S/C22H18Cl2N2O2S/c1-14-4-2-5-15(10-14)22(28)25-17-6-3-7-18(12-17)29-13-21(27)26-20-9-8-16(23)11-19(20)24/h2-12H,13H2,1H3,(H,25,28)(H,26,27). The van der Waals surface area contributed by atoms with Gasteiger partial charge in [0.1, 0.15) is 0 Å². The second-order valence-corrected chi connectivity index (χ2v) is 8.20. The van der Waals surface area contributed by atoms with E-state index in [1.807, 2.05) is 49.4 Å². The SMILES string of the molecule is Cc1cccc(C(=O)Nc2cccc(SCC(=O)Nc3ccc(Cl)cc3Cl)c2)c1. The van der Waals surface area contributed by atoms with Crippen molar-refractivity contribution in [2.75, 3.05) is 16.4 Å². The average molecular weight is 445 g/mol. The molecule has 3 aromatic rings. The summed E-state index contributed by atoms with van der Waals surface area (Å²) in [5.74, 6) is -0.159. The molecule has 0 aliphatic heterocycles. The summed E-state index contributed by atoms with van der Waals surface area (Å²) < 4.78 is 0. The van der Waals surface area contributed by atoms with Crippen molar-refractivity contribution in [1.29, 1.82) is 0 Å². The summed E-state index contributed by atoms with van der Waals surface area (Å²) in [4.78, 5) is 25.5. The Labute approximate surface area is 183 Å². The summed E-state index contributed by atoms with van der Waals surface area (Å²) in [5, 5.41) is 6.54. The first-order valence-corrected chi connectivity index (χ1v) is 10.5. The molecule has 0 bridgehead atoms. The Balaban J connectivity index is 1.58. The van der Waals surface area contributed by atoms with Gasteiger partial charge in [0.25, 0.3) is 5.91 Å². The Kier molecular flexibility index (Phi) is 7.20. The van der Waals surface area contributed by atoms with Crippen LogP contribution in [0.15, 0.2) is 71.6 Å². The summed E-state index contributed by atoms with van der Waals surface area (Å²) in [7, 11) is 0. The third-order valence-corrected chi connectivity index (χ3v) is 5.49. The number of halogens is 2. The number of amides is 2. The molecule has 0 aliphatic carbocycles. The molecule has 0 atom stereocenters. The highest BCUT2D eigenvalue weighted by Crippen LogP contribution is 2.26. The largest absolute Gasteiger partial charge is 0.324 e. The van der Waals surface area contributed by atoms with Crippen LogP contribution >= 0.6 is 35.0 Å². The zero-order valence-electron chi connectivity index (χ0n) is 15.5. The molecule has 0 fully saturated rings. The van der Waals surface area contributed by atoms with Gasteiger partial charge in [0.05, 0.1) is 16.5 Å². The van der Waals surface area contributed by atoms with Gasteiger partial charge in [-0.25, -0.2) is 0 Å². The molecule has 0 aromatic heterocycles. The van der Waals surface area contributed by atoms with Crippen molar-refractivity contribution >= 4 is 58.2 Å². The average Bonchev–Trinajstić information content (AvgIpc) is 2.69. The Morgan fingerprint density at radius 2 is 1.72 bits per heavy atom. The number of hydrogen-bond donors (Lipinski definition) is 2. The van der Waals surface area contributed by atoms with Crippen LogP contribution in [0, 0.1) is 6.92 Å². The first kappa shape index (κ1) is 21.2. The van der Waals surface area contributed by atoms with Crippen LogP contribution in [0.2, 0.25) is 10.0 Å². The fourth-order valence-corrected chi connectivity index (χ4v) is 3.79. The highest BCUT2D eigenvalue weighted by molar-refractivity contribution is 8.00. The Bertz CT molecular complexity index is 1060. The number of rotatable bonds is 6. The minimum absolute atomic E-state index is 0.175. The van der Waals surface area contributed by atoms with Crippen LogP contribution in [-0.2, 0) is 4.79 Å². The molecule has 2 N–H and O–H groups in total. The van der Waals surface area contributed by atoms with E-state index in [4.69, 9.17) is 23.2 Å². The van der Waals surface area contributed by atoms with Gasteiger partial charge in [0.2, 0.25) is 5.91 Å². The number of aryl methyl sites for hydroxylation is 1. The van der Waals surface area contributed by atoms with Crippen LogP contribution in [0.5, 0.6) is 0 Å². The van der Waals surface area contributed by atoms with E-state index in [-0.39, 0.29) is 17.6 Å². The fraction of sp³-hybridized carbons (Fsp3) is 0.0909. The highest BCUT2D eigenvalue weighted by Gasteiger charge is 2.09. The lowest BCUT2D eigenvalue weighted by atomic mass is 10.1. The van der Waals surface area contributed by atoms with Gasteiger partial charge >= 0.3 is 0 Å². The maximum absolute atomic E-state index is 12.4. The van der Waals surface area contributed by atoms with Gasteiger partial charge in [0.15, 0.2) is 0 Å². The maximum atomic E-state index is 12.4. The van der Waals surface area contributed by atoms with Gasteiger partial charge in [-0.05, 0) is 55.5 Å². The van der Waals surface area contributed by atoms with E-state index in [0.717, 1.165) is 10.5 Å². The number of carbonyl (C=O) groups excluding carboxylic acids is 2. The molecule has 4 nitrogen and oxygen atoms in total. The molecule has 0 radical (unpaired) electrons. The number of carbonyl (C=O) groups is 2. The van der Waals surface area contributed by atoms with Crippen molar-refractivity contribution in [2.24, 2.45) is 0 Å². The molecular formula is C22H18Cl2N2O2S. The zero-order valence-corrected chi connectivity index (χ0v) is 17.9. The van der Waals surface area contributed by atoms with E-state index in [9.17, 15) is 9.59 Å². The maximum Gasteiger partial charge on any atom is 0.255 e. The first-order valence-electron chi connectivity index (χ1n) is 8.76. The molecule has 0 spiro atoms. The molecule has 3 aromatic carbocycles.